The molecule has 2 N–H and O–H groups in total. The molecule has 8 heteroatoms. The number of fused-ring (bicyclic) bond motifs is 1. The Bertz CT molecular complexity index is 1100. The zero-order valence-electron chi connectivity index (χ0n) is 15.3. The SMILES string of the molecule is O=C1/C(=C\NNc2ccc([N+](=O)[O-])cc2)CCc2nc(-c3ccccc3)ncc21. The second kappa shape index (κ2) is 7.89. The molecule has 8 nitrogen and oxygen atoms in total. The predicted molar refractivity (Wildman–Crippen MR) is 108 cm³/mol. The van der Waals surface area contributed by atoms with Gasteiger partial charge in [-0.1, -0.05) is 30.3 Å². The second-order valence-corrected chi connectivity index (χ2v) is 6.49. The number of carbonyl (C=O) groups excluding carboxylic acids is 1. The smallest absolute Gasteiger partial charge is 0.269 e. The molecular formula is C21H17N5O3. The van der Waals surface area contributed by atoms with Gasteiger partial charge in [-0.15, -0.1) is 0 Å². The fraction of sp³-hybridized carbons (Fsp3) is 0.0952. The van der Waals surface area contributed by atoms with Gasteiger partial charge in [-0.25, -0.2) is 9.97 Å². The third-order valence-corrected chi connectivity index (χ3v) is 4.61. The van der Waals surface area contributed by atoms with E-state index in [0.29, 0.717) is 35.5 Å². The zero-order valence-corrected chi connectivity index (χ0v) is 15.3. The average molecular weight is 387 g/mol. The van der Waals surface area contributed by atoms with E-state index < -0.39 is 4.92 Å². The van der Waals surface area contributed by atoms with Gasteiger partial charge in [-0.3, -0.25) is 14.9 Å². The first-order valence-electron chi connectivity index (χ1n) is 9.03. The molecule has 3 aromatic rings. The maximum atomic E-state index is 12.7. The van der Waals surface area contributed by atoms with Crippen molar-refractivity contribution in [2.45, 2.75) is 12.8 Å². The molecule has 0 atom stereocenters. The first-order valence-corrected chi connectivity index (χ1v) is 9.03. The van der Waals surface area contributed by atoms with Gasteiger partial charge in [0.25, 0.3) is 5.69 Å². The molecule has 0 saturated heterocycles. The molecule has 0 fully saturated rings. The molecule has 0 radical (unpaired) electrons. The standard InChI is InChI=1S/C21H17N5O3/c27-20-15(12-23-25-16-7-9-17(10-8-16)26(28)29)6-11-19-18(20)13-22-21(24-19)14-4-2-1-3-5-14/h1-5,7-10,12-13,23,25H,6,11H2/b15-12-. The Morgan fingerprint density at radius 1 is 1.03 bits per heavy atom. The van der Waals surface area contributed by atoms with Gasteiger partial charge in [0.1, 0.15) is 0 Å². The van der Waals surface area contributed by atoms with E-state index in [1.54, 1.807) is 24.5 Å². The van der Waals surface area contributed by atoms with Gasteiger partial charge in [0, 0.05) is 35.7 Å². The molecule has 1 heterocycles. The minimum atomic E-state index is -0.456. The number of nitro groups is 1. The summed E-state index contributed by atoms with van der Waals surface area (Å²) >= 11 is 0. The molecule has 0 saturated carbocycles. The summed E-state index contributed by atoms with van der Waals surface area (Å²) in [5.41, 5.74) is 9.23. The van der Waals surface area contributed by atoms with Crippen LogP contribution in [0.4, 0.5) is 11.4 Å². The van der Waals surface area contributed by atoms with Crippen LogP contribution in [-0.4, -0.2) is 20.7 Å². The fourth-order valence-electron chi connectivity index (χ4n) is 3.07. The van der Waals surface area contributed by atoms with Crippen molar-refractivity contribution in [2.24, 2.45) is 0 Å². The number of hydrazine groups is 1. The van der Waals surface area contributed by atoms with Crippen LogP contribution in [0.3, 0.4) is 0 Å². The molecular weight excluding hydrogens is 370 g/mol. The van der Waals surface area contributed by atoms with Gasteiger partial charge < -0.3 is 10.9 Å². The van der Waals surface area contributed by atoms with E-state index in [4.69, 9.17) is 0 Å². The van der Waals surface area contributed by atoms with E-state index in [0.717, 1.165) is 11.3 Å². The quantitative estimate of drug-likeness (QED) is 0.390. The van der Waals surface area contributed by atoms with Crippen LogP contribution in [0, 0.1) is 10.1 Å². The van der Waals surface area contributed by atoms with Crippen LogP contribution in [0.15, 0.2) is 72.6 Å². The van der Waals surface area contributed by atoms with Crippen molar-refractivity contribution < 1.29 is 9.72 Å². The number of anilines is 1. The molecule has 144 valence electrons. The first-order chi connectivity index (χ1) is 14.1. The number of hydrogen-bond donors (Lipinski definition) is 2. The van der Waals surface area contributed by atoms with Crippen LogP contribution in [0.5, 0.6) is 0 Å². The number of carbonyl (C=O) groups is 1. The largest absolute Gasteiger partial charge is 0.308 e. The number of nitrogens with one attached hydrogen (secondary N) is 2. The Hall–Kier alpha value is -4.07. The summed E-state index contributed by atoms with van der Waals surface area (Å²) in [5.74, 6) is 0.506. The van der Waals surface area contributed by atoms with Crippen molar-refractivity contribution in [2.75, 3.05) is 5.43 Å². The van der Waals surface area contributed by atoms with E-state index in [1.165, 1.54) is 12.1 Å². The first kappa shape index (κ1) is 18.3. The summed E-state index contributed by atoms with van der Waals surface area (Å²) in [5, 5.41) is 10.7. The van der Waals surface area contributed by atoms with Crippen LogP contribution in [0.25, 0.3) is 11.4 Å². The lowest BCUT2D eigenvalue weighted by Crippen LogP contribution is -2.21. The van der Waals surface area contributed by atoms with E-state index in [1.807, 2.05) is 30.3 Å². The lowest BCUT2D eigenvalue weighted by atomic mass is 9.91. The van der Waals surface area contributed by atoms with E-state index in [-0.39, 0.29) is 11.5 Å². The molecule has 0 spiro atoms. The molecule has 1 aromatic heterocycles. The predicted octanol–water partition coefficient (Wildman–Crippen LogP) is 3.68. The number of allylic oxidation sites excluding steroid dienone is 1. The highest BCUT2D eigenvalue weighted by molar-refractivity contribution is 6.10. The number of non-ortho nitro benzene ring substituents is 1. The van der Waals surface area contributed by atoms with Crippen LogP contribution in [0.2, 0.25) is 0 Å². The third-order valence-electron chi connectivity index (χ3n) is 4.61. The number of nitrogens with zero attached hydrogens (tertiary/aromatic N) is 3. The molecule has 0 bridgehead atoms. The number of Topliss-reactive ketones (excluding diaryl/α,β-unsaturated/α-hetero) is 1. The van der Waals surface area contributed by atoms with Crippen molar-refractivity contribution in [1.82, 2.24) is 15.4 Å². The Morgan fingerprint density at radius 2 is 1.79 bits per heavy atom. The number of rotatable bonds is 5. The summed E-state index contributed by atoms with van der Waals surface area (Å²) in [7, 11) is 0. The minimum absolute atomic E-state index is 0.0165. The van der Waals surface area contributed by atoms with Crippen LogP contribution in [0.1, 0.15) is 22.5 Å². The van der Waals surface area contributed by atoms with Crippen LogP contribution < -0.4 is 10.9 Å². The molecule has 29 heavy (non-hydrogen) atoms. The maximum absolute atomic E-state index is 12.7. The van der Waals surface area contributed by atoms with E-state index >= 15 is 0 Å². The molecule has 1 aliphatic rings. The minimum Gasteiger partial charge on any atom is -0.308 e. The average Bonchev–Trinajstić information content (AvgIpc) is 2.76. The molecule has 0 aliphatic heterocycles. The lowest BCUT2D eigenvalue weighted by Gasteiger charge is -2.17. The summed E-state index contributed by atoms with van der Waals surface area (Å²) in [6.45, 7) is 0. The highest BCUT2D eigenvalue weighted by Gasteiger charge is 2.24. The van der Waals surface area contributed by atoms with Gasteiger partial charge >= 0.3 is 0 Å². The van der Waals surface area contributed by atoms with Gasteiger partial charge in [0.2, 0.25) is 0 Å². The molecule has 2 aromatic carbocycles. The molecule has 0 amide bonds. The summed E-state index contributed by atoms with van der Waals surface area (Å²) in [6.07, 6.45) is 4.40. The van der Waals surface area contributed by atoms with E-state index in [9.17, 15) is 14.9 Å². The Morgan fingerprint density at radius 3 is 2.52 bits per heavy atom. The second-order valence-electron chi connectivity index (χ2n) is 6.49. The number of hydrogen-bond acceptors (Lipinski definition) is 7. The van der Waals surface area contributed by atoms with E-state index in [2.05, 4.69) is 20.8 Å². The summed E-state index contributed by atoms with van der Waals surface area (Å²) < 4.78 is 0. The highest BCUT2D eigenvalue weighted by Crippen LogP contribution is 2.25. The van der Waals surface area contributed by atoms with Crippen molar-refractivity contribution in [3.63, 3.8) is 0 Å². The Labute approximate surface area is 166 Å². The summed E-state index contributed by atoms with van der Waals surface area (Å²) in [4.78, 5) is 31.9. The topological polar surface area (TPSA) is 110 Å². The third kappa shape index (κ3) is 3.96. The number of benzene rings is 2. The van der Waals surface area contributed by atoms with Crippen LogP contribution in [-0.2, 0) is 6.42 Å². The number of aryl methyl sites for hydroxylation is 1. The van der Waals surface area contributed by atoms with Crippen molar-refractivity contribution >= 4 is 17.2 Å². The number of ketones is 1. The maximum Gasteiger partial charge on any atom is 0.269 e. The van der Waals surface area contributed by atoms with Crippen molar-refractivity contribution in [1.29, 1.82) is 0 Å². The number of nitro benzene ring substituents is 1. The zero-order chi connectivity index (χ0) is 20.2. The Balaban J connectivity index is 1.45. The molecule has 4 rings (SSSR count). The normalized spacial score (nSPS) is 14.3. The summed E-state index contributed by atoms with van der Waals surface area (Å²) in [6, 6.07) is 15.6. The Kier molecular flexibility index (Phi) is 4.98. The lowest BCUT2D eigenvalue weighted by molar-refractivity contribution is -0.384. The van der Waals surface area contributed by atoms with Gasteiger partial charge in [0.15, 0.2) is 11.6 Å². The van der Waals surface area contributed by atoms with Crippen molar-refractivity contribution in [3.05, 3.63) is 93.9 Å². The van der Waals surface area contributed by atoms with Gasteiger partial charge in [-0.2, -0.15) is 0 Å². The number of aromatic nitrogens is 2. The van der Waals surface area contributed by atoms with Crippen LogP contribution >= 0.6 is 0 Å². The molecule has 1 aliphatic carbocycles. The van der Waals surface area contributed by atoms with Gasteiger partial charge in [-0.05, 0) is 25.0 Å². The molecule has 0 unspecified atom stereocenters. The highest BCUT2D eigenvalue weighted by atomic mass is 16.6. The fourth-order valence-corrected chi connectivity index (χ4v) is 3.07. The van der Waals surface area contributed by atoms with Gasteiger partial charge in [0.05, 0.1) is 21.9 Å². The van der Waals surface area contributed by atoms with Crippen molar-refractivity contribution in [3.8, 4) is 11.4 Å². The monoisotopic (exact) mass is 387 g/mol.